The molecule has 2 aromatic rings. The molecule has 0 saturated carbocycles. The highest BCUT2D eigenvalue weighted by Gasteiger charge is 2.22. The lowest BCUT2D eigenvalue weighted by molar-refractivity contribution is 0.414. The predicted octanol–water partition coefficient (Wildman–Crippen LogP) is 1.94. The summed E-state index contributed by atoms with van der Waals surface area (Å²) in [5, 5.41) is 14.9. The monoisotopic (exact) mass is 363 g/mol. The second-order valence-corrected chi connectivity index (χ2v) is 6.78. The van der Waals surface area contributed by atoms with Crippen LogP contribution in [0.15, 0.2) is 24.5 Å². The standard InChI is InChI=1S/C20H25N7/c1-13-4-6-15(23-2)10-14(13)5-7-17(21)18-19(22)24-12-25-20(18)26-16-8-9-27(3)11-16/h4,6,10,12,16,21,23H,8-9,11H2,1-3H3,(H3,22,24,25,26). The number of nitrogens with one attached hydrogen (secondary N) is 3. The maximum absolute atomic E-state index is 8.44. The highest BCUT2D eigenvalue weighted by Crippen LogP contribution is 2.21. The summed E-state index contributed by atoms with van der Waals surface area (Å²) in [7, 11) is 3.95. The van der Waals surface area contributed by atoms with Crippen LogP contribution in [-0.4, -0.2) is 53.8 Å². The van der Waals surface area contributed by atoms with E-state index in [0.717, 1.165) is 36.3 Å². The smallest absolute Gasteiger partial charge is 0.141 e. The van der Waals surface area contributed by atoms with E-state index in [1.165, 1.54) is 6.33 Å². The average Bonchev–Trinajstić information content (AvgIpc) is 3.05. The quantitative estimate of drug-likeness (QED) is 0.489. The van der Waals surface area contributed by atoms with Gasteiger partial charge < -0.3 is 21.3 Å². The van der Waals surface area contributed by atoms with E-state index >= 15 is 0 Å². The van der Waals surface area contributed by atoms with Crippen molar-refractivity contribution in [2.24, 2.45) is 0 Å². The van der Waals surface area contributed by atoms with Gasteiger partial charge in [-0.05, 0) is 50.6 Å². The molecule has 140 valence electrons. The van der Waals surface area contributed by atoms with Gasteiger partial charge in [0.25, 0.3) is 0 Å². The van der Waals surface area contributed by atoms with Crippen LogP contribution < -0.4 is 16.4 Å². The number of nitrogen functional groups attached to an aromatic ring is 1. The van der Waals surface area contributed by atoms with Gasteiger partial charge in [-0.25, -0.2) is 9.97 Å². The molecule has 7 heteroatoms. The van der Waals surface area contributed by atoms with Crippen LogP contribution in [0, 0.1) is 24.2 Å². The van der Waals surface area contributed by atoms with E-state index in [1.807, 2.05) is 32.2 Å². The first kappa shape index (κ1) is 18.7. The first-order valence-electron chi connectivity index (χ1n) is 8.93. The van der Waals surface area contributed by atoms with Gasteiger partial charge in [0.2, 0.25) is 0 Å². The Morgan fingerprint density at radius 2 is 2.19 bits per heavy atom. The summed E-state index contributed by atoms with van der Waals surface area (Å²) in [4.78, 5) is 10.6. The Bertz CT molecular complexity index is 910. The van der Waals surface area contributed by atoms with Crippen molar-refractivity contribution in [3.8, 4) is 11.8 Å². The lowest BCUT2D eigenvalue weighted by Crippen LogP contribution is -2.25. The molecule has 1 aromatic carbocycles. The number of nitrogens with two attached hydrogens (primary N) is 1. The summed E-state index contributed by atoms with van der Waals surface area (Å²) in [6, 6.07) is 6.24. The normalized spacial score (nSPS) is 16.5. The van der Waals surface area contributed by atoms with Crippen molar-refractivity contribution in [1.29, 1.82) is 5.41 Å². The Kier molecular flexibility index (Phi) is 5.57. The third-order valence-corrected chi connectivity index (χ3v) is 4.71. The van der Waals surface area contributed by atoms with Gasteiger partial charge in [-0.3, -0.25) is 5.41 Å². The van der Waals surface area contributed by atoms with Crippen molar-refractivity contribution < 1.29 is 0 Å². The molecule has 0 radical (unpaired) electrons. The van der Waals surface area contributed by atoms with E-state index in [9.17, 15) is 0 Å². The molecule has 1 aliphatic rings. The number of aromatic nitrogens is 2. The zero-order chi connectivity index (χ0) is 19.4. The van der Waals surface area contributed by atoms with Gasteiger partial charge >= 0.3 is 0 Å². The SMILES string of the molecule is CNc1ccc(C)c(C#CC(=N)c2c(N)ncnc2NC2CCN(C)C2)c1. The number of hydrogen-bond donors (Lipinski definition) is 4. The highest BCUT2D eigenvalue weighted by atomic mass is 15.2. The zero-order valence-corrected chi connectivity index (χ0v) is 15.9. The molecule has 0 spiro atoms. The molecule has 1 unspecified atom stereocenters. The molecule has 1 aromatic heterocycles. The second kappa shape index (κ2) is 8.06. The number of nitrogens with zero attached hydrogens (tertiary/aromatic N) is 3. The van der Waals surface area contributed by atoms with Crippen molar-refractivity contribution in [2.45, 2.75) is 19.4 Å². The Balaban J connectivity index is 1.87. The van der Waals surface area contributed by atoms with E-state index in [-0.39, 0.29) is 17.6 Å². The van der Waals surface area contributed by atoms with Crippen molar-refractivity contribution in [1.82, 2.24) is 14.9 Å². The van der Waals surface area contributed by atoms with E-state index in [4.69, 9.17) is 11.1 Å². The fraction of sp³-hybridized carbons (Fsp3) is 0.350. The van der Waals surface area contributed by atoms with Crippen LogP contribution in [0.25, 0.3) is 0 Å². The minimum Gasteiger partial charge on any atom is -0.388 e. The molecule has 5 N–H and O–H groups in total. The van der Waals surface area contributed by atoms with Crippen LogP contribution in [0.4, 0.5) is 17.3 Å². The number of anilines is 3. The van der Waals surface area contributed by atoms with Gasteiger partial charge in [0, 0.05) is 30.9 Å². The molecule has 0 amide bonds. The second-order valence-electron chi connectivity index (χ2n) is 6.78. The van der Waals surface area contributed by atoms with Gasteiger partial charge in [0.05, 0.1) is 5.56 Å². The summed E-state index contributed by atoms with van der Waals surface area (Å²) >= 11 is 0. The molecule has 7 nitrogen and oxygen atoms in total. The number of hydrogen-bond acceptors (Lipinski definition) is 7. The maximum Gasteiger partial charge on any atom is 0.141 e. The molecule has 3 rings (SSSR count). The first-order chi connectivity index (χ1) is 13.0. The highest BCUT2D eigenvalue weighted by molar-refractivity contribution is 6.16. The minimum atomic E-state index is 0.108. The van der Waals surface area contributed by atoms with Crippen LogP contribution in [0.1, 0.15) is 23.1 Å². The van der Waals surface area contributed by atoms with Gasteiger partial charge in [-0.1, -0.05) is 12.0 Å². The summed E-state index contributed by atoms with van der Waals surface area (Å²) in [5.41, 5.74) is 9.52. The van der Waals surface area contributed by atoms with Gasteiger partial charge in [-0.2, -0.15) is 0 Å². The largest absolute Gasteiger partial charge is 0.388 e. The van der Waals surface area contributed by atoms with E-state index < -0.39 is 0 Å². The number of benzene rings is 1. The lowest BCUT2D eigenvalue weighted by Gasteiger charge is -2.16. The molecule has 0 bridgehead atoms. The number of likely N-dealkylation sites (tertiary alicyclic amines) is 1. The first-order valence-corrected chi connectivity index (χ1v) is 8.93. The lowest BCUT2D eigenvalue weighted by atomic mass is 10.1. The zero-order valence-electron chi connectivity index (χ0n) is 15.9. The van der Waals surface area contributed by atoms with Crippen molar-refractivity contribution in [3.05, 3.63) is 41.2 Å². The molecular formula is C20H25N7. The number of aryl methyl sites for hydroxylation is 1. The Labute approximate surface area is 159 Å². The third-order valence-electron chi connectivity index (χ3n) is 4.71. The van der Waals surface area contributed by atoms with Gasteiger partial charge in [0.15, 0.2) is 0 Å². The maximum atomic E-state index is 8.44. The number of rotatable bonds is 4. The Hall–Kier alpha value is -3.11. The Morgan fingerprint density at radius 3 is 2.89 bits per heavy atom. The molecule has 2 heterocycles. The average molecular weight is 363 g/mol. The molecule has 1 fully saturated rings. The summed E-state index contributed by atoms with van der Waals surface area (Å²) in [6.07, 6.45) is 2.44. The van der Waals surface area contributed by atoms with Crippen LogP contribution in [-0.2, 0) is 0 Å². The summed E-state index contributed by atoms with van der Waals surface area (Å²) < 4.78 is 0. The molecule has 27 heavy (non-hydrogen) atoms. The van der Waals surface area contributed by atoms with E-state index in [1.54, 1.807) is 0 Å². The topological polar surface area (TPSA) is 103 Å². The molecule has 1 aliphatic heterocycles. The Morgan fingerprint density at radius 1 is 1.37 bits per heavy atom. The molecule has 1 saturated heterocycles. The molecule has 1 atom stereocenters. The predicted molar refractivity (Wildman–Crippen MR) is 110 cm³/mol. The van der Waals surface area contributed by atoms with Crippen LogP contribution in [0.2, 0.25) is 0 Å². The number of likely N-dealkylation sites (N-methyl/N-ethyl adjacent to an activating group) is 1. The van der Waals surface area contributed by atoms with E-state index in [2.05, 4.69) is 44.4 Å². The van der Waals surface area contributed by atoms with Crippen molar-refractivity contribution in [3.63, 3.8) is 0 Å². The van der Waals surface area contributed by atoms with Crippen LogP contribution in [0.3, 0.4) is 0 Å². The van der Waals surface area contributed by atoms with Crippen molar-refractivity contribution in [2.75, 3.05) is 43.6 Å². The summed E-state index contributed by atoms with van der Waals surface area (Å²) in [5.74, 6) is 6.83. The van der Waals surface area contributed by atoms with Crippen LogP contribution >= 0.6 is 0 Å². The molecular weight excluding hydrogens is 338 g/mol. The van der Waals surface area contributed by atoms with Gasteiger partial charge in [0.1, 0.15) is 23.7 Å². The molecule has 0 aliphatic carbocycles. The summed E-state index contributed by atoms with van der Waals surface area (Å²) in [6.45, 7) is 3.96. The van der Waals surface area contributed by atoms with Crippen molar-refractivity contribution >= 4 is 23.0 Å². The minimum absolute atomic E-state index is 0.108. The fourth-order valence-corrected chi connectivity index (χ4v) is 3.11. The van der Waals surface area contributed by atoms with E-state index in [0.29, 0.717) is 11.4 Å². The van der Waals surface area contributed by atoms with Gasteiger partial charge in [-0.15, -0.1) is 0 Å². The van der Waals surface area contributed by atoms with Crippen LogP contribution in [0.5, 0.6) is 0 Å². The fourth-order valence-electron chi connectivity index (χ4n) is 3.11. The third kappa shape index (κ3) is 4.36.